The smallest absolute Gasteiger partial charge is 0.338 e. The van der Waals surface area contributed by atoms with Crippen LogP contribution in [0.2, 0.25) is 0 Å². The minimum absolute atomic E-state index is 0.0158. The third kappa shape index (κ3) is 28.0. The lowest BCUT2D eigenvalue weighted by Crippen LogP contribution is -2.45. The van der Waals surface area contributed by atoms with Gasteiger partial charge < -0.3 is 14.2 Å². The van der Waals surface area contributed by atoms with Crippen molar-refractivity contribution in [2.75, 3.05) is 39.4 Å². The minimum Gasteiger partial charge on any atom is -0.468 e. The summed E-state index contributed by atoms with van der Waals surface area (Å²) in [6.07, 6.45) is 24.0. The molecule has 4 saturated carbocycles. The predicted molar refractivity (Wildman–Crippen MR) is 509 cm³/mol. The van der Waals surface area contributed by atoms with Crippen LogP contribution in [0, 0.1) is 127 Å². The molecule has 0 saturated heterocycles. The SMILES string of the molecule is C=C(C)[C@@H]1CCC2=CC(C(C(=O)OC)S(=O)(=O)c3ccccc3)C[C@@H](C)[C@]2(C)C1.C=C(C)[C@@H]1CCC2=CC(C([N+](=O)[O-])S(=O)(=O)c3ccccc3)C[C@@H](C)[C@]2(C)C1.C=C(C)[C@@H]1CCC2=CC(C[N+](=O)[O-])C[C@@H](C)[C@]2(C)C1.C=C(C)[C@@H]1CCC2=CC(OC(=O)c3ccccc3)C[C@@H](C)[C@]2(C)C1.COC(=O)CS(=O)(=O)c1ccccc1.C[N+](=O)[O-].O=[N+]([O-])CS(=O)(=O)c1ccccc1. The first kappa shape index (κ1) is 108. The summed E-state index contributed by atoms with van der Waals surface area (Å²) in [4.78, 5) is 75.4. The molecule has 5 aromatic rings. The molecule has 8 aliphatic carbocycles. The van der Waals surface area contributed by atoms with Crippen LogP contribution in [-0.4, -0.2) is 127 Å². The summed E-state index contributed by atoms with van der Waals surface area (Å²) in [7, 11) is -11.9. The molecule has 13 rings (SSSR count). The van der Waals surface area contributed by atoms with Gasteiger partial charge in [0, 0.05) is 31.5 Å². The zero-order chi connectivity index (χ0) is 97.7. The second-order valence-corrected chi connectivity index (χ2v) is 45.9. The molecular formula is C101H134N4O22S4. The fraction of sp³-hybridized carbons (Fsp3) is 0.515. The fourth-order valence-corrected chi connectivity index (χ4v) is 25.9. The zero-order valence-electron chi connectivity index (χ0n) is 78.5. The van der Waals surface area contributed by atoms with Gasteiger partial charge in [0.25, 0.3) is 0 Å². The number of allylic oxidation sites excluding steroid dienone is 9. The molecule has 8 aliphatic rings. The average molecular weight is 1880 g/mol. The molecule has 0 radical (unpaired) electrons. The van der Waals surface area contributed by atoms with Crippen LogP contribution in [-0.2, 0) is 63.1 Å². The van der Waals surface area contributed by atoms with Crippen molar-refractivity contribution in [3.63, 3.8) is 0 Å². The van der Waals surface area contributed by atoms with Crippen molar-refractivity contribution in [1.82, 2.24) is 0 Å². The predicted octanol–water partition coefficient (Wildman–Crippen LogP) is 21.0. The number of hydrogen-bond donors (Lipinski definition) is 0. The minimum atomic E-state index is -4.06. The second kappa shape index (κ2) is 46.5. The number of benzene rings is 5. The number of rotatable bonds is 22. The summed E-state index contributed by atoms with van der Waals surface area (Å²) in [5.41, 5.74) is 11.5. The second-order valence-electron chi connectivity index (χ2n) is 37.9. The largest absolute Gasteiger partial charge is 0.468 e. The third-order valence-corrected chi connectivity index (χ3v) is 36.2. The highest BCUT2D eigenvalue weighted by atomic mass is 32.2. The summed E-state index contributed by atoms with van der Waals surface area (Å²) in [5.74, 6) is -0.504. The molecule has 0 N–H and O–H groups in total. The number of nitrogens with zero attached hydrogens (tertiary/aromatic N) is 4. The van der Waals surface area contributed by atoms with E-state index in [9.17, 15) is 78.4 Å². The molecule has 131 heavy (non-hydrogen) atoms. The van der Waals surface area contributed by atoms with Gasteiger partial charge >= 0.3 is 29.2 Å². The first-order valence-electron chi connectivity index (χ1n) is 44.7. The van der Waals surface area contributed by atoms with Crippen molar-refractivity contribution in [3.05, 3.63) is 293 Å². The Kier molecular flexibility index (Phi) is 38.3. The van der Waals surface area contributed by atoms with Crippen molar-refractivity contribution in [3.8, 4) is 0 Å². The Bertz CT molecular complexity index is 5530. The summed E-state index contributed by atoms with van der Waals surface area (Å²) in [6.45, 7) is 43.2. The van der Waals surface area contributed by atoms with Gasteiger partial charge in [-0.1, -0.05) is 236 Å². The first-order valence-corrected chi connectivity index (χ1v) is 51.1. The Morgan fingerprint density at radius 2 is 0.763 bits per heavy atom. The van der Waals surface area contributed by atoms with E-state index in [2.05, 4.69) is 132 Å². The number of esters is 3. The van der Waals surface area contributed by atoms with Crippen LogP contribution in [0.5, 0.6) is 0 Å². The van der Waals surface area contributed by atoms with Crippen LogP contribution >= 0.6 is 0 Å². The zero-order valence-corrected chi connectivity index (χ0v) is 81.8. The third-order valence-electron chi connectivity index (χ3n) is 28.8. The van der Waals surface area contributed by atoms with E-state index in [4.69, 9.17) is 19.6 Å². The van der Waals surface area contributed by atoms with E-state index in [-0.39, 0.29) is 88.5 Å². The van der Waals surface area contributed by atoms with Gasteiger partial charge in [0.15, 0.2) is 37.7 Å². The maximum atomic E-state index is 13.4. The lowest BCUT2D eigenvalue weighted by molar-refractivity contribution is -0.504. The van der Waals surface area contributed by atoms with Crippen LogP contribution in [0.4, 0.5) is 0 Å². The highest BCUT2D eigenvalue weighted by Gasteiger charge is 2.54. The molecule has 18 atom stereocenters. The van der Waals surface area contributed by atoms with E-state index in [0.717, 1.165) is 84.8 Å². The van der Waals surface area contributed by atoms with Gasteiger partial charge in [-0.05, 0) is 266 Å². The maximum Gasteiger partial charge on any atom is 0.338 e. The molecule has 0 amide bonds. The number of nitro groups is 4. The molecule has 6 unspecified atom stereocenters. The van der Waals surface area contributed by atoms with Crippen LogP contribution in [0.15, 0.2) is 266 Å². The molecule has 0 spiro atoms. The van der Waals surface area contributed by atoms with Crippen molar-refractivity contribution < 1.29 is 82.0 Å². The van der Waals surface area contributed by atoms with Gasteiger partial charge in [-0.15, -0.1) is 0 Å². The summed E-state index contributed by atoms with van der Waals surface area (Å²) in [6, 6.07) is 40.4. The summed E-state index contributed by atoms with van der Waals surface area (Å²) < 4.78 is 113. The Morgan fingerprint density at radius 1 is 0.435 bits per heavy atom. The van der Waals surface area contributed by atoms with Crippen LogP contribution in [0.25, 0.3) is 0 Å². The van der Waals surface area contributed by atoms with Gasteiger partial charge in [0.1, 0.15) is 6.10 Å². The van der Waals surface area contributed by atoms with Crippen molar-refractivity contribution in [2.24, 2.45) is 86.8 Å². The standard InChI is InChI=1S/C24H32O4S.C22H29NO4S.C22H28O2.C16H25NO2.C9H10O4S.C7H7NO4S.CH3NO2/c1-16(2)18-11-12-20-14-19(13-17(3)24(20,4)15-18)22(23(25)28-5)29(26,27)21-9-7-6-8-10-21;1-15(2)17-10-11-19-13-18(12-16(3)22(19,4)14-17)21(23(24)25)28(26,27)20-8-6-5-7-9-20;1-15(2)18-10-11-19-13-20(12-16(3)22(19,4)14-18)24-21(23)17-8-6-5-7-9-17;1-11(2)14-5-6-15-8-13(10-17(18)19)7-12(3)16(15,4)9-14;1-13-9(10)7-14(11,12)8-5-3-2-4-6-8;9-8(10)6-13(11,12)7-4-2-1-3-5-7;1-2(3)4/h6-10,14,17-19,22H,1,11-13,15H2,2-5H3;5-9,13,16-18,21H,1,10-12,14H2,2-4H3;5-9,13,16,18,20H,1,10-12,14H2,2-4H3;8,12-14H,1,5-7,9-10H2,2-4H3;2-6H,7H2,1H3;1-5H,6H2;1H3/t17-,18-,19?,22?,24+;16-,17-,18?,21?,22+;16-,18-,20?,22+;12-,13?,14-,16+;;;/m1111.../s1. The van der Waals surface area contributed by atoms with Crippen LogP contribution < -0.4 is 0 Å². The highest BCUT2D eigenvalue weighted by molar-refractivity contribution is 7.93. The molecule has 714 valence electrons. The van der Waals surface area contributed by atoms with Crippen molar-refractivity contribution in [1.29, 1.82) is 0 Å². The van der Waals surface area contributed by atoms with Gasteiger partial charge in [-0.2, -0.15) is 0 Å². The van der Waals surface area contributed by atoms with E-state index < -0.39 is 94.2 Å². The van der Waals surface area contributed by atoms with E-state index >= 15 is 0 Å². The number of sulfone groups is 4. The molecule has 5 aromatic carbocycles. The topological polar surface area (TPSA) is 388 Å². The Labute approximate surface area is 775 Å². The van der Waals surface area contributed by atoms with Gasteiger partial charge in [0.05, 0.1) is 45.3 Å². The molecule has 0 aliphatic heterocycles. The van der Waals surface area contributed by atoms with Crippen LogP contribution in [0.3, 0.4) is 0 Å². The molecular weight excluding hydrogens is 1750 g/mol. The number of carbonyl (C=O) groups excluding carboxylic acids is 3. The lowest BCUT2D eigenvalue weighted by Gasteiger charge is -2.49. The van der Waals surface area contributed by atoms with Gasteiger partial charge in [0.2, 0.25) is 26.2 Å². The van der Waals surface area contributed by atoms with Gasteiger partial charge in [-0.25, -0.2) is 38.5 Å². The monoisotopic (exact) mass is 1880 g/mol. The van der Waals surface area contributed by atoms with E-state index in [1.54, 1.807) is 72.8 Å². The summed E-state index contributed by atoms with van der Waals surface area (Å²) >= 11 is 0. The van der Waals surface area contributed by atoms with Crippen molar-refractivity contribution >= 4 is 57.3 Å². The molecule has 26 nitrogen and oxygen atoms in total. The van der Waals surface area contributed by atoms with E-state index in [1.165, 1.54) is 119 Å². The Balaban J connectivity index is 0.000000218. The quantitative estimate of drug-likeness (QED) is 0.0204. The number of methoxy groups -OCH3 is 2. The number of carbonyl (C=O) groups is 3. The van der Waals surface area contributed by atoms with Crippen molar-refractivity contribution in [2.45, 2.75) is 222 Å². The maximum absolute atomic E-state index is 13.4. The van der Waals surface area contributed by atoms with Gasteiger partial charge in [-0.3, -0.25) is 50.0 Å². The Hall–Kier alpha value is -10.2. The molecule has 0 bridgehead atoms. The lowest BCUT2D eigenvalue weighted by atomic mass is 9.56. The average Bonchev–Trinajstić information content (AvgIpc) is 0.755. The molecule has 0 aromatic heterocycles. The first-order chi connectivity index (χ1) is 61.2. The normalized spacial score (nSPS) is 27.4. The van der Waals surface area contributed by atoms with Crippen LogP contribution in [0.1, 0.15) is 196 Å². The van der Waals surface area contributed by atoms with E-state index in [1.807, 2.05) is 36.4 Å². The number of ether oxygens (including phenoxy) is 3. The fourth-order valence-electron chi connectivity index (χ4n) is 20.3. The molecule has 30 heteroatoms. The number of fused-ring (bicyclic) bond motifs is 4. The van der Waals surface area contributed by atoms with E-state index in [0.29, 0.717) is 53.9 Å². The molecule has 0 heterocycles. The Morgan fingerprint density at radius 3 is 1.12 bits per heavy atom. The summed E-state index contributed by atoms with van der Waals surface area (Å²) in [5, 5.41) is 38.6. The number of hydrogen-bond acceptors (Lipinski definition) is 22. The molecule has 4 fully saturated rings. The highest BCUT2D eigenvalue weighted by Crippen LogP contribution is 2.59.